The minimum absolute atomic E-state index is 0.0644. The number of hydrogen-bond acceptors (Lipinski definition) is 3. The molecule has 0 amide bonds. The summed E-state index contributed by atoms with van der Waals surface area (Å²) >= 11 is 0. The van der Waals surface area contributed by atoms with Crippen LogP contribution in [0.4, 0.5) is 13.2 Å². The molecule has 0 unspecified atom stereocenters. The Morgan fingerprint density at radius 3 is 2.88 bits per heavy atom. The average Bonchev–Trinajstić information content (AvgIpc) is 2.27. The lowest BCUT2D eigenvalue weighted by atomic mass is 9.97. The maximum absolute atomic E-state index is 12.5. The fourth-order valence-corrected chi connectivity index (χ4v) is 2.09. The maximum atomic E-state index is 12.5. The molecule has 1 atom stereocenters. The highest BCUT2D eigenvalue weighted by Gasteiger charge is 2.35. The topological polar surface area (TPSA) is 34.5 Å². The van der Waals surface area contributed by atoms with Gasteiger partial charge in [-0.15, -0.1) is 0 Å². The number of pyridine rings is 1. The minimum Gasteiger partial charge on any atom is -0.473 e. The van der Waals surface area contributed by atoms with Gasteiger partial charge in [-0.25, -0.2) is 4.98 Å². The molecule has 0 saturated heterocycles. The van der Waals surface area contributed by atoms with E-state index in [9.17, 15) is 13.2 Å². The Morgan fingerprint density at radius 1 is 1.29 bits per heavy atom. The number of nitrogens with zero attached hydrogens (tertiary/aromatic N) is 2. The van der Waals surface area contributed by atoms with Crippen molar-refractivity contribution >= 4 is 5.71 Å². The first-order chi connectivity index (χ1) is 8.04. The van der Waals surface area contributed by atoms with Gasteiger partial charge in [0.1, 0.15) is 11.8 Å². The lowest BCUT2D eigenvalue weighted by Gasteiger charge is -2.29. The van der Waals surface area contributed by atoms with Crippen LogP contribution < -0.4 is 4.74 Å². The number of alkyl halides is 3. The summed E-state index contributed by atoms with van der Waals surface area (Å²) in [5, 5.41) is 0. The van der Waals surface area contributed by atoms with Crippen LogP contribution in [-0.2, 0) is 6.18 Å². The smallest absolute Gasteiger partial charge is 0.433 e. The van der Waals surface area contributed by atoms with Gasteiger partial charge in [0.25, 0.3) is 0 Å². The monoisotopic (exact) mass is 242 g/mol. The van der Waals surface area contributed by atoms with E-state index in [1.54, 1.807) is 0 Å². The third-order valence-electron chi connectivity index (χ3n) is 2.91. The molecule has 0 N–H and O–H groups in total. The third kappa shape index (κ3) is 1.77. The normalized spacial score (nSPS) is 22.5. The highest BCUT2D eigenvalue weighted by atomic mass is 19.4. The highest BCUT2D eigenvalue weighted by Crippen LogP contribution is 2.34. The number of hydrogen-bond donors (Lipinski definition) is 0. The van der Waals surface area contributed by atoms with Gasteiger partial charge in [0.05, 0.1) is 11.3 Å². The molecule has 17 heavy (non-hydrogen) atoms. The van der Waals surface area contributed by atoms with Crippen molar-refractivity contribution in [2.24, 2.45) is 4.99 Å². The molecular weight excluding hydrogens is 233 g/mol. The molecule has 0 aromatic carbocycles. The zero-order valence-electron chi connectivity index (χ0n) is 8.79. The zero-order valence-corrected chi connectivity index (χ0v) is 8.79. The lowest BCUT2D eigenvalue weighted by molar-refractivity contribution is -0.141. The molecule has 0 spiro atoms. The molecule has 2 bridgehead atoms. The van der Waals surface area contributed by atoms with Gasteiger partial charge in [0.15, 0.2) is 0 Å². The van der Waals surface area contributed by atoms with Gasteiger partial charge in [-0.1, -0.05) is 0 Å². The summed E-state index contributed by atoms with van der Waals surface area (Å²) in [5.74, 6) is 0.0644. The first kappa shape index (κ1) is 10.6. The van der Waals surface area contributed by atoms with E-state index in [4.69, 9.17) is 4.74 Å². The van der Waals surface area contributed by atoms with Crippen molar-refractivity contribution in [2.45, 2.75) is 25.1 Å². The lowest BCUT2D eigenvalue weighted by Crippen LogP contribution is -2.32. The van der Waals surface area contributed by atoms with E-state index in [2.05, 4.69) is 9.98 Å². The van der Waals surface area contributed by atoms with Crippen molar-refractivity contribution in [1.29, 1.82) is 0 Å². The fourth-order valence-electron chi connectivity index (χ4n) is 2.09. The summed E-state index contributed by atoms with van der Waals surface area (Å²) < 4.78 is 42.9. The molecule has 3 heterocycles. The summed E-state index contributed by atoms with van der Waals surface area (Å²) in [5.41, 5.74) is 0.481. The van der Waals surface area contributed by atoms with E-state index >= 15 is 0 Å². The Labute approximate surface area is 95.3 Å². The standard InChI is InChI=1S/C11H9F3N2O/c12-11(13,14)9-2-1-7-8-5-6(3-4-15-8)17-10(7)16-9/h1-2,6H,3-5H2/t6-/m0/s1. The largest absolute Gasteiger partial charge is 0.473 e. The molecule has 2 aliphatic rings. The van der Waals surface area contributed by atoms with Crippen LogP contribution in [0.5, 0.6) is 5.88 Å². The highest BCUT2D eigenvalue weighted by molar-refractivity contribution is 6.03. The Hall–Kier alpha value is -1.59. The molecular formula is C11H9F3N2O. The Balaban J connectivity index is 2.08. The summed E-state index contributed by atoms with van der Waals surface area (Å²) in [6, 6.07) is 2.37. The van der Waals surface area contributed by atoms with Crippen molar-refractivity contribution in [2.75, 3.05) is 6.54 Å². The Morgan fingerprint density at radius 2 is 2.12 bits per heavy atom. The van der Waals surface area contributed by atoms with Crippen LogP contribution in [0.1, 0.15) is 24.1 Å². The maximum Gasteiger partial charge on any atom is 0.433 e. The summed E-state index contributed by atoms with van der Waals surface area (Å²) in [7, 11) is 0. The van der Waals surface area contributed by atoms with Gasteiger partial charge in [-0.05, 0) is 12.1 Å². The van der Waals surface area contributed by atoms with E-state index in [0.29, 0.717) is 18.5 Å². The minimum atomic E-state index is -4.44. The number of fused-ring (bicyclic) bond motifs is 4. The van der Waals surface area contributed by atoms with E-state index in [1.165, 1.54) is 6.07 Å². The molecule has 0 fully saturated rings. The second kappa shape index (κ2) is 3.45. The van der Waals surface area contributed by atoms with Gasteiger partial charge in [-0.3, -0.25) is 4.99 Å². The third-order valence-corrected chi connectivity index (χ3v) is 2.91. The van der Waals surface area contributed by atoms with Crippen LogP contribution >= 0.6 is 0 Å². The summed E-state index contributed by atoms with van der Waals surface area (Å²) in [6.07, 6.45) is -3.11. The number of ether oxygens (including phenoxy) is 1. The average molecular weight is 242 g/mol. The number of aromatic nitrogens is 1. The van der Waals surface area contributed by atoms with Crippen LogP contribution in [0.2, 0.25) is 0 Å². The van der Waals surface area contributed by atoms with Crippen molar-refractivity contribution in [3.63, 3.8) is 0 Å². The molecule has 3 rings (SSSR count). The van der Waals surface area contributed by atoms with Crippen molar-refractivity contribution in [1.82, 2.24) is 4.98 Å². The SMILES string of the molecule is FC(F)(F)c1ccc2c(n1)O[C@H]1CCN=C2C1. The quantitative estimate of drug-likeness (QED) is 0.700. The van der Waals surface area contributed by atoms with Crippen LogP contribution in [0, 0.1) is 0 Å². The zero-order chi connectivity index (χ0) is 12.0. The Bertz CT molecular complexity index is 496. The molecule has 6 heteroatoms. The summed E-state index contributed by atoms with van der Waals surface area (Å²) in [6.45, 7) is 0.667. The first-order valence-corrected chi connectivity index (χ1v) is 5.32. The molecule has 0 aliphatic carbocycles. The van der Waals surface area contributed by atoms with E-state index in [0.717, 1.165) is 18.2 Å². The van der Waals surface area contributed by atoms with Crippen LogP contribution in [0.15, 0.2) is 17.1 Å². The predicted octanol–water partition coefficient (Wildman–Crippen LogP) is 2.44. The van der Waals surface area contributed by atoms with Crippen molar-refractivity contribution < 1.29 is 17.9 Å². The van der Waals surface area contributed by atoms with E-state index in [-0.39, 0.29) is 12.0 Å². The molecule has 1 aromatic rings. The number of rotatable bonds is 0. The molecule has 3 nitrogen and oxygen atoms in total. The molecule has 0 saturated carbocycles. The van der Waals surface area contributed by atoms with Gasteiger partial charge >= 0.3 is 6.18 Å². The molecule has 0 radical (unpaired) electrons. The first-order valence-electron chi connectivity index (χ1n) is 5.32. The predicted molar refractivity (Wildman–Crippen MR) is 54.3 cm³/mol. The van der Waals surface area contributed by atoms with E-state index in [1.807, 2.05) is 0 Å². The van der Waals surface area contributed by atoms with Crippen LogP contribution in [0.3, 0.4) is 0 Å². The fraction of sp³-hybridized carbons (Fsp3) is 0.455. The van der Waals surface area contributed by atoms with Crippen LogP contribution in [-0.4, -0.2) is 23.3 Å². The number of aliphatic imine (C=N–C) groups is 1. The second-order valence-electron chi connectivity index (χ2n) is 4.11. The van der Waals surface area contributed by atoms with Gasteiger partial charge in [-0.2, -0.15) is 13.2 Å². The van der Waals surface area contributed by atoms with Crippen molar-refractivity contribution in [3.8, 4) is 5.88 Å². The second-order valence-corrected chi connectivity index (χ2v) is 4.11. The van der Waals surface area contributed by atoms with Gasteiger partial charge in [0.2, 0.25) is 5.88 Å². The van der Waals surface area contributed by atoms with Gasteiger partial charge in [0, 0.05) is 19.4 Å². The molecule has 90 valence electrons. The van der Waals surface area contributed by atoms with Crippen LogP contribution in [0.25, 0.3) is 0 Å². The van der Waals surface area contributed by atoms with Gasteiger partial charge < -0.3 is 4.74 Å². The Kier molecular flexibility index (Phi) is 2.14. The molecule has 1 aromatic heterocycles. The summed E-state index contributed by atoms with van der Waals surface area (Å²) in [4.78, 5) is 7.84. The van der Waals surface area contributed by atoms with Crippen molar-refractivity contribution in [3.05, 3.63) is 23.4 Å². The number of halogens is 3. The van der Waals surface area contributed by atoms with E-state index < -0.39 is 11.9 Å². The molecule has 2 aliphatic heterocycles.